The van der Waals surface area contributed by atoms with Crippen LogP contribution in [-0.4, -0.2) is 24.0 Å². The van der Waals surface area contributed by atoms with E-state index in [9.17, 15) is 8.78 Å². The molecular formula is C16H26F2N2. The van der Waals surface area contributed by atoms with E-state index in [1.807, 2.05) is 0 Å². The molecule has 0 radical (unpaired) electrons. The Kier molecular flexibility index (Phi) is 7.10. The summed E-state index contributed by atoms with van der Waals surface area (Å²) < 4.78 is 27.5. The molecule has 0 aliphatic rings. The number of nitrogens with zero attached hydrogens (tertiary/aromatic N) is 1. The summed E-state index contributed by atoms with van der Waals surface area (Å²) in [5.41, 5.74) is 6.22. The summed E-state index contributed by atoms with van der Waals surface area (Å²) in [6, 6.07) is 4.35. The van der Waals surface area contributed by atoms with Gasteiger partial charge in [-0.15, -0.1) is 0 Å². The molecule has 0 spiro atoms. The smallest absolute Gasteiger partial charge is 0.163 e. The zero-order chi connectivity index (χ0) is 15.1. The predicted molar refractivity (Wildman–Crippen MR) is 79.5 cm³/mol. The van der Waals surface area contributed by atoms with Gasteiger partial charge in [-0.3, -0.25) is 4.90 Å². The van der Waals surface area contributed by atoms with Gasteiger partial charge in [0.25, 0.3) is 0 Å². The second kappa shape index (κ2) is 8.32. The molecule has 0 saturated heterocycles. The van der Waals surface area contributed by atoms with Crippen molar-refractivity contribution in [3.63, 3.8) is 0 Å². The van der Waals surface area contributed by atoms with Crippen LogP contribution in [0.4, 0.5) is 8.78 Å². The molecule has 0 fully saturated rings. The van der Waals surface area contributed by atoms with Gasteiger partial charge in [-0.2, -0.15) is 0 Å². The third kappa shape index (κ3) is 4.00. The molecule has 4 heteroatoms. The van der Waals surface area contributed by atoms with Crippen molar-refractivity contribution in [3.05, 3.63) is 35.4 Å². The lowest BCUT2D eigenvalue weighted by atomic mass is 10.0. The van der Waals surface area contributed by atoms with Crippen molar-refractivity contribution in [2.45, 2.75) is 52.1 Å². The van der Waals surface area contributed by atoms with Gasteiger partial charge >= 0.3 is 0 Å². The van der Waals surface area contributed by atoms with Crippen molar-refractivity contribution in [3.8, 4) is 0 Å². The predicted octanol–water partition coefficient (Wildman–Crippen LogP) is 3.87. The lowest BCUT2D eigenvalue weighted by molar-refractivity contribution is 0.137. The van der Waals surface area contributed by atoms with E-state index in [4.69, 9.17) is 5.73 Å². The lowest BCUT2D eigenvalue weighted by Crippen LogP contribution is -2.41. The van der Waals surface area contributed by atoms with E-state index >= 15 is 0 Å². The van der Waals surface area contributed by atoms with Crippen LogP contribution < -0.4 is 5.73 Å². The third-order valence-electron chi connectivity index (χ3n) is 3.89. The number of hydrogen-bond acceptors (Lipinski definition) is 2. The van der Waals surface area contributed by atoms with Gasteiger partial charge in [0.05, 0.1) is 6.04 Å². The summed E-state index contributed by atoms with van der Waals surface area (Å²) in [7, 11) is 0. The minimum Gasteiger partial charge on any atom is -0.329 e. The van der Waals surface area contributed by atoms with Crippen LogP contribution in [0.3, 0.4) is 0 Å². The molecule has 1 aromatic rings. The largest absolute Gasteiger partial charge is 0.329 e. The van der Waals surface area contributed by atoms with Crippen molar-refractivity contribution < 1.29 is 8.78 Å². The average Bonchev–Trinajstić information content (AvgIpc) is 2.46. The summed E-state index contributed by atoms with van der Waals surface area (Å²) in [5, 5.41) is 0. The van der Waals surface area contributed by atoms with Gasteiger partial charge in [0.2, 0.25) is 0 Å². The fourth-order valence-corrected chi connectivity index (χ4v) is 2.48. The van der Waals surface area contributed by atoms with Crippen LogP contribution in [0, 0.1) is 11.6 Å². The second-order valence-corrected chi connectivity index (χ2v) is 5.24. The van der Waals surface area contributed by atoms with Crippen LogP contribution in [-0.2, 0) is 0 Å². The van der Waals surface area contributed by atoms with Crippen molar-refractivity contribution in [1.29, 1.82) is 0 Å². The van der Waals surface area contributed by atoms with E-state index in [1.54, 1.807) is 12.1 Å². The SMILES string of the molecule is CCCCN(C(C)CC)C(CN)c1cccc(F)c1F. The summed E-state index contributed by atoms with van der Waals surface area (Å²) in [6.45, 7) is 7.46. The fraction of sp³-hybridized carbons (Fsp3) is 0.625. The molecule has 1 aromatic carbocycles. The molecule has 1 rings (SSSR count). The first-order valence-corrected chi connectivity index (χ1v) is 7.46. The molecule has 0 aliphatic carbocycles. The number of unbranched alkanes of at least 4 members (excludes halogenated alkanes) is 1. The van der Waals surface area contributed by atoms with Gasteiger partial charge in [-0.25, -0.2) is 8.78 Å². The zero-order valence-electron chi connectivity index (χ0n) is 12.7. The van der Waals surface area contributed by atoms with Gasteiger partial charge in [0.1, 0.15) is 0 Å². The molecule has 20 heavy (non-hydrogen) atoms. The highest BCUT2D eigenvalue weighted by molar-refractivity contribution is 5.23. The molecule has 2 N–H and O–H groups in total. The Morgan fingerprint density at radius 2 is 1.95 bits per heavy atom. The minimum absolute atomic E-state index is 0.271. The third-order valence-corrected chi connectivity index (χ3v) is 3.89. The van der Waals surface area contributed by atoms with Crippen LogP contribution in [0.25, 0.3) is 0 Å². The van der Waals surface area contributed by atoms with Gasteiger partial charge in [0.15, 0.2) is 11.6 Å². The minimum atomic E-state index is -0.805. The van der Waals surface area contributed by atoms with Crippen LogP contribution in [0.5, 0.6) is 0 Å². The fourth-order valence-electron chi connectivity index (χ4n) is 2.48. The van der Waals surface area contributed by atoms with E-state index in [2.05, 4.69) is 25.7 Å². The molecule has 114 valence electrons. The van der Waals surface area contributed by atoms with E-state index in [0.29, 0.717) is 5.56 Å². The molecule has 0 amide bonds. The summed E-state index contributed by atoms with van der Waals surface area (Å²) >= 11 is 0. The van der Waals surface area contributed by atoms with Crippen molar-refractivity contribution >= 4 is 0 Å². The molecule has 0 saturated carbocycles. The van der Waals surface area contributed by atoms with E-state index in [1.165, 1.54) is 0 Å². The number of benzene rings is 1. The molecule has 2 atom stereocenters. The monoisotopic (exact) mass is 284 g/mol. The highest BCUT2D eigenvalue weighted by Gasteiger charge is 2.26. The molecule has 2 unspecified atom stereocenters. The Hall–Kier alpha value is -1.00. The molecular weight excluding hydrogens is 258 g/mol. The molecule has 0 bridgehead atoms. The summed E-state index contributed by atoms with van der Waals surface area (Å²) in [6.07, 6.45) is 3.05. The lowest BCUT2D eigenvalue weighted by Gasteiger charge is -2.36. The Balaban J connectivity index is 3.08. The summed E-state index contributed by atoms with van der Waals surface area (Å²) in [4.78, 5) is 2.20. The van der Waals surface area contributed by atoms with Crippen molar-refractivity contribution in [2.75, 3.05) is 13.1 Å². The number of hydrogen-bond donors (Lipinski definition) is 1. The highest BCUT2D eigenvalue weighted by atomic mass is 19.2. The van der Waals surface area contributed by atoms with Gasteiger partial charge in [-0.05, 0) is 32.4 Å². The topological polar surface area (TPSA) is 29.3 Å². The first-order valence-electron chi connectivity index (χ1n) is 7.46. The maximum atomic E-state index is 14.0. The Morgan fingerprint density at radius 3 is 2.50 bits per heavy atom. The van der Waals surface area contributed by atoms with Gasteiger partial charge in [-0.1, -0.05) is 32.4 Å². The Morgan fingerprint density at radius 1 is 1.25 bits per heavy atom. The second-order valence-electron chi connectivity index (χ2n) is 5.24. The van der Waals surface area contributed by atoms with Crippen LogP contribution >= 0.6 is 0 Å². The summed E-state index contributed by atoms with van der Waals surface area (Å²) in [5.74, 6) is -1.58. The van der Waals surface area contributed by atoms with Gasteiger partial charge in [0, 0.05) is 18.2 Å². The maximum Gasteiger partial charge on any atom is 0.163 e. The Labute approximate surface area is 121 Å². The van der Waals surface area contributed by atoms with E-state index in [-0.39, 0.29) is 18.6 Å². The Bertz CT molecular complexity index is 409. The average molecular weight is 284 g/mol. The van der Waals surface area contributed by atoms with Gasteiger partial charge < -0.3 is 5.73 Å². The van der Waals surface area contributed by atoms with Crippen molar-refractivity contribution in [2.24, 2.45) is 5.73 Å². The molecule has 2 nitrogen and oxygen atoms in total. The highest BCUT2D eigenvalue weighted by Crippen LogP contribution is 2.27. The first kappa shape index (κ1) is 17.1. The molecule has 0 aliphatic heterocycles. The van der Waals surface area contributed by atoms with Crippen molar-refractivity contribution in [1.82, 2.24) is 4.90 Å². The van der Waals surface area contributed by atoms with Crippen LogP contribution in [0.15, 0.2) is 18.2 Å². The van der Waals surface area contributed by atoms with Crippen LogP contribution in [0.2, 0.25) is 0 Å². The number of nitrogens with two attached hydrogens (primary N) is 1. The normalized spacial score (nSPS) is 14.6. The maximum absolute atomic E-state index is 14.0. The quantitative estimate of drug-likeness (QED) is 0.785. The van der Waals surface area contributed by atoms with Crippen LogP contribution in [0.1, 0.15) is 51.6 Å². The first-order chi connectivity index (χ1) is 9.56. The zero-order valence-corrected chi connectivity index (χ0v) is 12.7. The number of rotatable bonds is 8. The molecule has 0 heterocycles. The van der Waals surface area contributed by atoms with E-state index in [0.717, 1.165) is 31.9 Å². The standard InChI is InChI=1S/C16H26F2N2/c1-4-6-10-20(12(3)5-2)15(11-19)13-8-7-9-14(17)16(13)18/h7-9,12,15H,4-6,10-11,19H2,1-3H3. The van der Waals surface area contributed by atoms with E-state index < -0.39 is 11.6 Å². The molecule has 0 aromatic heterocycles. The number of halogens is 2.